The Balaban J connectivity index is 0.00000144. The van der Waals surface area contributed by atoms with Crippen LogP contribution in [0.4, 0.5) is 0 Å². The van der Waals surface area contributed by atoms with Gasteiger partial charge in [0.15, 0.2) is 0 Å². The summed E-state index contributed by atoms with van der Waals surface area (Å²) in [6.45, 7) is 5.94. The summed E-state index contributed by atoms with van der Waals surface area (Å²) in [6.07, 6.45) is 7.16. The lowest BCUT2D eigenvalue weighted by molar-refractivity contribution is -0.124. The molecule has 6 nitrogen and oxygen atoms in total. The molecule has 1 saturated heterocycles. The minimum absolute atomic E-state index is 0. The number of imidazole rings is 1. The average Bonchev–Trinajstić information content (AvgIpc) is 2.82. The van der Waals surface area contributed by atoms with Gasteiger partial charge in [-0.1, -0.05) is 0 Å². The molecule has 112 valence electrons. The Morgan fingerprint density at radius 2 is 2.19 bits per heavy atom. The lowest BCUT2D eigenvalue weighted by Crippen LogP contribution is -2.44. The van der Waals surface area contributed by atoms with Crippen molar-refractivity contribution in [3.8, 4) is 0 Å². The summed E-state index contributed by atoms with van der Waals surface area (Å²) in [6, 6.07) is 0. The minimum atomic E-state index is -0.505. The molecule has 21 heavy (non-hydrogen) atoms. The Labute approximate surface area is 124 Å². The van der Waals surface area contributed by atoms with Crippen LogP contribution in [-0.2, 0) is 10.3 Å². The van der Waals surface area contributed by atoms with Crippen LogP contribution in [0.5, 0.6) is 0 Å². The van der Waals surface area contributed by atoms with Crippen LogP contribution >= 0.6 is 0 Å². The van der Waals surface area contributed by atoms with E-state index < -0.39 is 5.54 Å². The smallest absolute Gasteiger partial charge is 0.224 e. The zero-order chi connectivity index (χ0) is 14.6. The van der Waals surface area contributed by atoms with Crippen LogP contribution < -0.4 is 10.6 Å². The first-order chi connectivity index (χ1) is 10.1. The van der Waals surface area contributed by atoms with E-state index in [1.165, 1.54) is 0 Å². The predicted octanol–water partition coefficient (Wildman–Crippen LogP) is 0.792. The van der Waals surface area contributed by atoms with Crippen LogP contribution in [0.15, 0.2) is 24.8 Å². The van der Waals surface area contributed by atoms with Crippen molar-refractivity contribution in [2.45, 2.75) is 19.4 Å². The van der Waals surface area contributed by atoms with Gasteiger partial charge in [0.1, 0.15) is 5.82 Å². The van der Waals surface area contributed by atoms with Crippen molar-refractivity contribution < 1.29 is 6.22 Å². The normalized spacial score (nSPS) is 27.6. The molecule has 1 aliphatic carbocycles. The third kappa shape index (κ3) is 1.93. The van der Waals surface area contributed by atoms with Crippen molar-refractivity contribution >= 4 is 11.4 Å². The highest BCUT2D eigenvalue weighted by Gasteiger charge is 2.57. The molecule has 2 aromatic rings. The lowest BCUT2D eigenvalue weighted by atomic mass is 10.0. The highest BCUT2D eigenvalue weighted by Crippen LogP contribution is 2.49. The molecule has 4 rings (SSSR count). The average molecular weight is 287 g/mol. The van der Waals surface area contributed by atoms with Gasteiger partial charge in [-0.15, -0.1) is 0 Å². The largest absolute Gasteiger partial charge is 0.344 e. The molecule has 3 atom stereocenters. The molecular formula is C15H21N5O. The van der Waals surface area contributed by atoms with E-state index in [0.29, 0.717) is 11.8 Å². The molecular weight excluding hydrogens is 266 g/mol. The van der Waals surface area contributed by atoms with Crippen LogP contribution in [0.25, 0.3) is 5.52 Å². The van der Waals surface area contributed by atoms with E-state index in [2.05, 4.69) is 20.6 Å². The number of nitrogens with one attached hydrogen (secondary N) is 2. The van der Waals surface area contributed by atoms with Gasteiger partial charge in [0, 0.05) is 19.7 Å². The maximum atomic E-state index is 12.5. The fraction of sp³-hybridized carbons (Fsp3) is 0.533. The number of rotatable bonds is 3. The van der Waals surface area contributed by atoms with Crippen LogP contribution in [0.3, 0.4) is 0 Å². The zero-order valence-corrected chi connectivity index (χ0v) is 12.2. The summed E-state index contributed by atoms with van der Waals surface area (Å²) >= 11 is 0. The van der Waals surface area contributed by atoms with E-state index in [-0.39, 0.29) is 13.3 Å². The molecule has 1 unspecified atom stereocenters. The van der Waals surface area contributed by atoms with Crippen molar-refractivity contribution in [2.24, 2.45) is 17.8 Å². The quantitative estimate of drug-likeness (QED) is 0.875. The van der Waals surface area contributed by atoms with Gasteiger partial charge in [0.2, 0.25) is 5.91 Å². The van der Waals surface area contributed by atoms with Gasteiger partial charge in [-0.2, -0.15) is 0 Å². The van der Waals surface area contributed by atoms with E-state index >= 15 is 0 Å². The number of carbonyl (C=O) groups is 1. The van der Waals surface area contributed by atoms with Crippen LogP contribution in [0, 0.1) is 17.8 Å². The van der Waals surface area contributed by atoms with Crippen molar-refractivity contribution in [1.29, 1.82) is 0 Å². The SMILES string of the molecule is CC(C)(NC(=O)C1[C@H]2CNC[C@@H]12)c1ncc2cnccn12.[HH]. The number of fused-ring (bicyclic) bond motifs is 2. The summed E-state index contributed by atoms with van der Waals surface area (Å²) in [4.78, 5) is 21.0. The summed E-state index contributed by atoms with van der Waals surface area (Å²) < 4.78 is 1.97. The molecule has 2 N–H and O–H groups in total. The summed E-state index contributed by atoms with van der Waals surface area (Å²) in [7, 11) is 0. The Hall–Kier alpha value is -1.95. The summed E-state index contributed by atoms with van der Waals surface area (Å²) in [5, 5.41) is 6.49. The first-order valence-electron chi connectivity index (χ1n) is 7.38. The molecule has 0 aromatic carbocycles. The maximum absolute atomic E-state index is 12.5. The van der Waals surface area contributed by atoms with Gasteiger partial charge >= 0.3 is 0 Å². The molecule has 1 aliphatic heterocycles. The van der Waals surface area contributed by atoms with Crippen molar-refractivity contribution in [3.63, 3.8) is 0 Å². The fourth-order valence-corrected chi connectivity index (χ4v) is 3.57. The second-order valence-electron chi connectivity index (χ2n) is 6.58. The second kappa shape index (κ2) is 4.27. The number of hydrogen-bond donors (Lipinski definition) is 2. The lowest BCUT2D eigenvalue weighted by Gasteiger charge is -2.25. The maximum Gasteiger partial charge on any atom is 0.224 e. The van der Waals surface area contributed by atoms with Gasteiger partial charge in [-0.25, -0.2) is 4.98 Å². The van der Waals surface area contributed by atoms with Gasteiger partial charge in [-0.3, -0.25) is 14.2 Å². The summed E-state index contributed by atoms with van der Waals surface area (Å²) in [5.74, 6) is 2.22. The molecule has 2 aromatic heterocycles. The van der Waals surface area contributed by atoms with E-state index in [0.717, 1.165) is 24.4 Å². The second-order valence-corrected chi connectivity index (χ2v) is 6.58. The van der Waals surface area contributed by atoms with Crippen LogP contribution in [0.2, 0.25) is 0 Å². The van der Waals surface area contributed by atoms with Gasteiger partial charge in [0.05, 0.1) is 23.4 Å². The first-order valence-corrected chi connectivity index (χ1v) is 7.38. The van der Waals surface area contributed by atoms with Crippen molar-refractivity contribution in [2.75, 3.05) is 13.1 Å². The molecule has 3 heterocycles. The van der Waals surface area contributed by atoms with E-state index in [9.17, 15) is 4.79 Å². The Morgan fingerprint density at radius 3 is 2.95 bits per heavy atom. The number of carbonyl (C=O) groups excluding carboxylic acids is 1. The third-order valence-corrected chi connectivity index (χ3v) is 4.72. The van der Waals surface area contributed by atoms with E-state index in [1.807, 2.05) is 24.4 Å². The highest BCUT2D eigenvalue weighted by atomic mass is 16.2. The molecule has 6 heteroatoms. The predicted molar refractivity (Wildman–Crippen MR) is 79.6 cm³/mol. The van der Waals surface area contributed by atoms with Gasteiger partial charge in [0.25, 0.3) is 0 Å². The molecule has 0 bridgehead atoms. The monoisotopic (exact) mass is 287 g/mol. The molecule has 2 aliphatic rings. The minimum Gasteiger partial charge on any atom is -0.344 e. The molecule has 1 saturated carbocycles. The summed E-state index contributed by atoms with van der Waals surface area (Å²) in [5.41, 5.74) is 0.428. The topological polar surface area (TPSA) is 71.3 Å². The number of piperidine rings is 1. The number of aromatic nitrogens is 3. The third-order valence-electron chi connectivity index (χ3n) is 4.72. The zero-order valence-electron chi connectivity index (χ0n) is 12.2. The standard InChI is InChI=1S/C15H19N5O.H2/c1-15(2,14-18-6-9-5-16-3-4-20(9)14)19-13(21)12-10-7-17-8-11(10)12;/h3-6,10-12,17H,7-8H2,1-2H3,(H,19,21);1H/t10-,11+,12?;. The molecule has 2 fully saturated rings. The van der Waals surface area contributed by atoms with Gasteiger partial charge < -0.3 is 10.6 Å². The number of amides is 1. The number of hydrogen-bond acceptors (Lipinski definition) is 4. The first kappa shape index (κ1) is 12.8. The van der Waals surface area contributed by atoms with E-state index in [4.69, 9.17) is 0 Å². The Bertz CT molecular complexity index is 703. The van der Waals surface area contributed by atoms with Gasteiger partial charge in [-0.05, 0) is 38.8 Å². The Morgan fingerprint density at radius 1 is 1.43 bits per heavy atom. The Kier molecular flexibility index (Phi) is 2.60. The molecule has 0 spiro atoms. The van der Waals surface area contributed by atoms with Crippen LogP contribution in [-0.4, -0.2) is 33.4 Å². The van der Waals surface area contributed by atoms with Crippen molar-refractivity contribution in [3.05, 3.63) is 30.6 Å². The molecule has 0 radical (unpaired) electrons. The van der Waals surface area contributed by atoms with E-state index in [1.54, 1.807) is 18.6 Å². The molecule has 1 amide bonds. The number of nitrogens with zero attached hydrogens (tertiary/aromatic N) is 3. The van der Waals surface area contributed by atoms with Crippen LogP contribution in [0.1, 0.15) is 21.1 Å². The van der Waals surface area contributed by atoms with Crippen molar-refractivity contribution in [1.82, 2.24) is 25.0 Å². The fourth-order valence-electron chi connectivity index (χ4n) is 3.57. The highest BCUT2D eigenvalue weighted by molar-refractivity contribution is 5.83.